The molecular formula is C29H58NO6P. The van der Waals surface area contributed by atoms with Crippen LogP contribution in [0.5, 0.6) is 0 Å². The third-order valence-electron chi connectivity index (χ3n) is 6.09. The van der Waals surface area contributed by atoms with E-state index in [4.69, 9.17) is 24.3 Å². The van der Waals surface area contributed by atoms with Gasteiger partial charge in [-0.25, -0.2) is 4.57 Å². The Morgan fingerprint density at radius 2 is 1.19 bits per heavy atom. The number of rotatable bonds is 29. The van der Waals surface area contributed by atoms with E-state index in [1.807, 2.05) is 12.2 Å². The maximum atomic E-state index is 11.9. The van der Waals surface area contributed by atoms with Gasteiger partial charge < -0.3 is 20.1 Å². The highest BCUT2D eigenvalue weighted by Gasteiger charge is 2.23. The fraction of sp³-hybridized carbons (Fsp3) is 0.862. The molecule has 220 valence electrons. The minimum absolute atomic E-state index is 0.0458. The van der Waals surface area contributed by atoms with Gasteiger partial charge in [0.1, 0.15) is 6.61 Å². The predicted molar refractivity (Wildman–Crippen MR) is 154 cm³/mol. The first-order chi connectivity index (χ1) is 18.1. The smallest absolute Gasteiger partial charge is 0.472 e. The van der Waals surface area contributed by atoms with Crippen molar-refractivity contribution in [2.24, 2.45) is 5.73 Å². The molecule has 0 spiro atoms. The summed E-state index contributed by atoms with van der Waals surface area (Å²) in [5.74, 6) is 0. The lowest BCUT2D eigenvalue weighted by Crippen LogP contribution is -2.23. The summed E-state index contributed by atoms with van der Waals surface area (Å²) in [6.45, 7) is 4.68. The van der Waals surface area contributed by atoms with Crippen molar-refractivity contribution < 1.29 is 28.0 Å². The highest BCUT2D eigenvalue weighted by molar-refractivity contribution is 7.47. The second-order valence-electron chi connectivity index (χ2n) is 9.75. The van der Waals surface area contributed by atoms with Crippen LogP contribution in [-0.2, 0) is 23.1 Å². The standard InChI is InChI=1S/C29H58NO6P/c1-3-5-7-9-11-13-15-17-19-21-24-33-27-29(28-36-37(31,32)35-26-23-30)34-25-22-20-18-16-14-12-10-8-6-4-2/h21-22,24-25,29H,3-20,23,26-28,30H2,1-2H3,(H,31,32)/t29-/m1/s1. The van der Waals surface area contributed by atoms with Crippen LogP contribution in [0.2, 0.25) is 0 Å². The fourth-order valence-corrected chi connectivity index (χ4v) is 4.60. The minimum atomic E-state index is -4.16. The van der Waals surface area contributed by atoms with Crippen LogP contribution in [0.3, 0.4) is 0 Å². The zero-order chi connectivity index (χ0) is 27.3. The van der Waals surface area contributed by atoms with Gasteiger partial charge in [0.15, 0.2) is 6.10 Å². The second-order valence-corrected chi connectivity index (χ2v) is 11.2. The number of hydrogen-bond donors (Lipinski definition) is 2. The van der Waals surface area contributed by atoms with Crippen LogP contribution >= 0.6 is 7.82 Å². The molecule has 1 unspecified atom stereocenters. The summed E-state index contributed by atoms with van der Waals surface area (Å²) in [7, 11) is -4.16. The topological polar surface area (TPSA) is 100 Å². The van der Waals surface area contributed by atoms with Crippen molar-refractivity contribution in [2.45, 2.75) is 136 Å². The molecule has 0 radical (unpaired) electrons. The maximum Gasteiger partial charge on any atom is 0.472 e. The van der Waals surface area contributed by atoms with Gasteiger partial charge in [-0.3, -0.25) is 9.05 Å². The molecule has 0 saturated heterocycles. The summed E-state index contributed by atoms with van der Waals surface area (Å²) >= 11 is 0. The second kappa shape index (κ2) is 28.2. The molecule has 0 heterocycles. The van der Waals surface area contributed by atoms with Gasteiger partial charge in [0.05, 0.1) is 25.7 Å². The SMILES string of the molecule is CCCCCCCCCCC=COC[C@H](COP(=O)(O)OCCN)OC=CCCCCCCCCCC. The van der Waals surface area contributed by atoms with Crippen molar-refractivity contribution in [1.29, 1.82) is 0 Å². The Labute approximate surface area is 228 Å². The lowest BCUT2D eigenvalue weighted by Gasteiger charge is -2.18. The van der Waals surface area contributed by atoms with E-state index < -0.39 is 13.9 Å². The fourth-order valence-electron chi connectivity index (χ4n) is 3.84. The van der Waals surface area contributed by atoms with Gasteiger partial charge in [-0.1, -0.05) is 104 Å². The van der Waals surface area contributed by atoms with Crippen LogP contribution in [0.4, 0.5) is 0 Å². The van der Waals surface area contributed by atoms with Crippen molar-refractivity contribution >= 4 is 7.82 Å². The number of phosphoric ester groups is 1. The zero-order valence-electron chi connectivity index (χ0n) is 24.0. The normalized spacial score (nSPS) is 14.4. The number of unbranched alkanes of at least 4 members (excludes halogenated alkanes) is 16. The molecule has 0 rings (SSSR count). The van der Waals surface area contributed by atoms with Crippen molar-refractivity contribution in [3.8, 4) is 0 Å². The quantitative estimate of drug-likeness (QED) is 0.0549. The molecule has 0 saturated carbocycles. The van der Waals surface area contributed by atoms with Crippen LogP contribution < -0.4 is 5.73 Å². The van der Waals surface area contributed by atoms with Crippen molar-refractivity contribution in [2.75, 3.05) is 26.4 Å². The van der Waals surface area contributed by atoms with E-state index in [0.29, 0.717) is 0 Å². The molecule has 7 nitrogen and oxygen atoms in total. The number of nitrogens with two attached hydrogens (primary N) is 1. The summed E-state index contributed by atoms with van der Waals surface area (Å²) in [6, 6.07) is 0. The number of hydrogen-bond acceptors (Lipinski definition) is 6. The maximum absolute atomic E-state index is 11.9. The van der Waals surface area contributed by atoms with Crippen LogP contribution in [0.15, 0.2) is 24.7 Å². The lowest BCUT2D eigenvalue weighted by molar-refractivity contribution is 0.0206. The monoisotopic (exact) mass is 547 g/mol. The lowest BCUT2D eigenvalue weighted by atomic mass is 10.1. The van der Waals surface area contributed by atoms with E-state index in [2.05, 4.69) is 13.8 Å². The molecule has 37 heavy (non-hydrogen) atoms. The minimum Gasteiger partial charge on any atom is -0.498 e. The predicted octanol–water partition coefficient (Wildman–Crippen LogP) is 8.57. The molecule has 3 N–H and O–H groups in total. The first-order valence-corrected chi connectivity index (χ1v) is 16.4. The van der Waals surface area contributed by atoms with Gasteiger partial charge in [0.2, 0.25) is 0 Å². The van der Waals surface area contributed by atoms with E-state index in [-0.39, 0.29) is 26.4 Å². The number of phosphoric acid groups is 1. The molecule has 0 aliphatic heterocycles. The van der Waals surface area contributed by atoms with Crippen molar-refractivity contribution in [3.63, 3.8) is 0 Å². The number of ether oxygens (including phenoxy) is 2. The van der Waals surface area contributed by atoms with Gasteiger partial charge in [0, 0.05) is 6.54 Å². The van der Waals surface area contributed by atoms with Crippen molar-refractivity contribution in [1.82, 2.24) is 0 Å². The average molecular weight is 548 g/mol. The van der Waals surface area contributed by atoms with E-state index in [1.54, 1.807) is 12.5 Å². The molecule has 2 atom stereocenters. The summed E-state index contributed by atoms with van der Waals surface area (Å²) < 4.78 is 33.2. The third-order valence-corrected chi connectivity index (χ3v) is 7.07. The van der Waals surface area contributed by atoms with E-state index >= 15 is 0 Å². The summed E-state index contributed by atoms with van der Waals surface area (Å²) in [5, 5.41) is 0. The van der Waals surface area contributed by atoms with Gasteiger partial charge in [-0.15, -0.1) is 0 Å². The molecule has 0 aromatic heterocycles. The van der Waals surface area contributed by atoms with Gasteiger partial charge >= 0.3 is 7.82 Å². The summed E-state index contributed by atoms with van der Waals surface area (Å²) in [6.07, 6.45) is 29.4. The van der Waals surface area contributed by atoms with Gasteiger partial charge in [-0.2, -0.15) is 0 Å². The van der Waals surface area contributed by atoms with Gasteiger partial charge in [0.25, 0.3) is 0 Å². The molecule has 0 amide bonds. The Bertz CT molecular complexity index is 573. The molecule has 0 fully saturated rings. The summed E-state index contributed by atoms with van der Waals surface area (Å²) in [5.41, 5.74) is 5.33. The first kappa shape index (κ1) is 36.1. The molecule has 0 aliphatic rings. The molecule has 0 aromatic rings. The Kier molecular flexibility index (Phi) is 27.5. The van der Waals surface area contributed by atoms with Crippen molar-refractivity contribution in [3.05, 3.63) is 24.7 Å². The highest BCUT2D eigenvalue weighted by atomic mass is 31.2. The van der Waals surface area contributed by atoms with Crippen LogP contribution in [-0.4, -0.2) is 37.4 Å². The Balaban J connectivity index is 4.18. The van der Waals surface area contributed by atoms with Crippen LogP contribution in [0.25, 0.3) is 0 Å². The van der Waals surface area contributed by atoms with E-state index in [1.165, 1.54) is 89.9 Å². The average Bonchev–Trinajstić information content (AvgIpc) is 2.89. The largest absolute Gasteiger partial charge is 0.498 e. The number of allylic oxidation sites excluding steroid dienone is 2. The van der Waals surface area contributed by atoms with E-state index in [0.717, 1.165) is 25.7 Å². The van der Waals surface area contributed by atoms with E-state index in [9.17, 15) is 9.46 Å². The molecule has 8 heteroatoms. The van der Waals surface area contributed by atoms with Gasteiger partial charge in [-0.05, 0) is 37.8 Å². The Morgan fingerprint density at radius 3 is 1.70 bits per heavy atom. The van der Waals surface area contributed by atoms with Crippen LogP contribution in [0, 0.1) is 0 Å². The molecule has 0 aromatic carbocycles. The van der Waals surface area contributed by atoms with Crippen LogP contribution in [0.1, 0.15) is 129 Å². The third kappa shape index (κ3) is 28.0. The zero-order valence-corrected chi connectivity index (χ0v) is 24.9. The molecule has 0 aliphatic carbocycles. The molecule has 0 bridgehead atoms. The Hall–Kier alpha value is -0.850. The molecular weight excluding hydrogens is 489 g/mol. The first-order valence-electron chi connectivity index (χ1n) is 14.9. The Morgan fingerprint density at radius 1 is 0.703 bits per heavy atom. The highest BCUT2D eigenvalue weighted by Crippen LogP contribution is 2.43. The summed E-state index contributed by atoms with van der Waals surface area (Å²) in [4.78, 5) is 9.75.